The van der Waals surface area contributed by atoms with Crippen LogP contribution in [0.4, 0.5) is 17.1 Å². The first-order chi connectivity index (χ1) is 70.3. The molecule has 29 rings (SSSR count). The number of thiophene rings is 1. The molecule has 0 atom stereocenters. The van der Waals surface area contributed by atoms with Crippen LogP contribution in [-0.4, -0.2) is 27.4 Å². The zero-order valence-electron chi connectivity index (χ0n) is 75.4. The highest BCUT2D eigenvalue weighted by atomic mass is 32.1. The normalized spacial score (nSPS) is 11.6. The second-order valence-corrected chi connectivity index (χ2v) is 36.4. The zero-order valence-corrected chi connectivity index (χ0v) is 76.2. The summed E-state index contributed by atoms with van der Waals surface area (Å²) in [5.74, 6) is 0. The summed E-state index contributed by atoms with van der Waals surface area (Å²) >= 11 is 1.80. The molecule has 0 fully saturated rings. The lowest BCUT2D eigenvalue weighted by Crippen LogP contribution is -2.09. The Morgan fingerprint density at radius 3 is 0.796 bits per heavy atom. The first kappa shape index (κ1) is 81.3. The Morgan fingerprint density at radius 2 is 0.444 bits per heavy atom. The third-order valence-electron chi connectivity index (χ3n) is 28.2. The highest BCUT2D eigenvalue weighted by molar-refractivity contribution is 7.26. The van der Waals surface area contributed by atoms with Crippen molar-refractivity contribution in [2.45, 2.75) is 0 Å². The molecule has 0 unspecified atom stereocenters. The van der Waals surface area contributed by atoms with Crippen molar-refractivity contribution < 1.29 is 8.83 Å². The van der Waals surface area contributed by atoms with Gasteiger partial charge in [-0.2, -0.15) is 31.6 Å². The molecule has 0 aliphatic rings. The maximum Gasteiger partial charge on any atom is 0.145 e. The minimum Gasteiger partial charge on any atom is -0.455 e. The third kappa shape index (κ3) is 12.0. The highest BCUT2D eigenvalue weighted by Crippen LogP contribution is 2.51. The van der Waals surface area contributed by atoms with E-state index in [1.807, 2.05) is 200 Å². The van der Waals surface area contributed by atoms with Gasteiger partial charge in [-0.25, -0.2) is 0 Å². The maximum absolute atomic E-state index is 11.0. The van der Waals surface area contributed by atoms with Crippen molar-refractivity contribution in [1.29, 1.82) is 31.6 Å². The van der Waals surface area contributed by atoms with Gasteiger partial charge in [-0.1, -0.05) is 243 Å². The monoisotopic (exact) mass is 1830 g/mol. The highest BCUT2D eigenvalue weighted by Gasteiger charge is 2.31. The molecule has 0 N–H and O–H groups in total. The number of nitriles is 6. The number of fused-ring (bicyclic) bond motifs is 30. The minimum atomic E-state index is 0.301. The van der Waals surface area contributed by atoms with E-state index < -0.39 is 0 Å². The molecule has 9 aromatic heterocycles. The first-order valence-electron chi connectivity index (χ1n) is 46.6. The van der Waals surface area contributed by atoms with E-state index in [4.69, 9.17) is 8.83 Å². The van der Waals surface area contributed by atoms with Crippen LogP contribution in [0.3, 0.4) is 0 Å². The number of furan rings is 2. The minimum absolute atomic E-state index is 0.301. The van der Waals surface area contributed by atoms with E-state index in [1.165, 1.54) is 25.6 Å². The van der Waals surface area contributed by atoms with E-state index in [1.54, 1.807) is 11.3 Å². The zero-order chi connectivity index (χ0) is 94.6. The van der Waals surface area contributed by atoms with Crippen LogP contribution in [0, 0.1) is 68.0 Å². The van der Waals surface area contributed by atoms with Crippen LogP contribution in [-0.2, 0) is 0 Å². The lowest BCUT2D eigenvalue weighted by atomic mass is 10.0. The van der Waals surface area contributed by atoms with E-state index in [-0.39, 0.29) is 0 Å². The van der Waals surface area contributed by atoms with Crippen LogP contribution in [0.2, 0.25) is 0 Å². The number of hydrogen-bond acceptors (Lipinski definition) is 10. The molecule has 0 radical (unpaired) electrons. The number of anilines is 3. The molecule has 20 aromatic carbocycles. The van der Waals surface area contributed by atoms with E-state index in [2.05, 4.69) is 287 Å². The Labute approximate surface area is 812 Å². The SMILES string of the molecule is N#Cc1c(-n2c3ccccc3c3ccccc32)ccc(-n2c3ccc(N(c4ccccc4)c4ccccc4)cc3c3c4oc5ccccc5c4ccc32)c1C#N.N#Cc1c(-n2c3ccccc3c3ccccc32)ccc(-n2c3ccccc3c3c4oc5ccccc5c4ccc32)c1C#N.N#Cc1c(-n2c3ccccc3c3ccccc32)ccc(-n2c3ccccc3c3c4sc5ccccc5c4ccc32)c1C#N. The van der Waals surface area contributed by atoms with Gasteiger partial charge in [0.25, 0.3) is 0 Å². The average Bonchev–Trinajstić information content (AvgIpc) is 1.56. The van der Waals surface area contributed by atoms with Crippen molar-refractivity contribution in [3.8, 4) is 70.5 Å². The predicted molar refractivity (Wildman–Crippen MR) is 576 cm³/mol. The van der Waals surface area contributed by atoms with Crippen molar-refractivity contribution in [1.82, 2.24) is 27.4 Å². The summed E-state index contributed by atoms with van der Waals surface area (Å²) in [6, 6.07) is 157. The fourth-order valence-electron chi connectivity index (χ4n) is 22.3. The molecule has 15 nitrogen and oxygen atoms in total. The smallest absolute Gasteiger partial charge is 0.145 e. The largest absolute Gasteiger partial charge is 0.455 e. The lowest BCUT2D eigenvalue weighted by Gasteiger charge is -2.25. The Bertz CT molecular complexity index is 10200. The Balaban J connectivity index is 0.000000108. The number of aromatic nitrogens is 6. The van der Waals surface area contributed by atoms with E-state index in [0.717, 1.165) is 186 Å². The molecule has 656 valence electrons. The van der Waals surface area contributed by atoms with Gasteiger partial charge in [0.15, 0.2) is 0 Å². The van der Waals surface area contributed by atoms with Crippen molar-refractivity contribution in [3.63, 3.8) is 0 Å². The van der Waals surface area contributed by atoms with Gasteiger partial charge in [0.05, 0.1) is 144 Å². The predicted octanol–water partition coefficient (Wildman–Crippen LogP) is 32.5. The number of para-hydroxylation sites is 12. The summed E-state index contributed by atoms with van der Waals surface area (Å²) < 4.78 is 28.3. The molecule has 9 heterocycles. The number of nitrogens with zero attached hydrogens (tertiary/aromatic N) is 13. The quantitative estimate of drug-likeness (QED) is 0.135. The third-order valence-corrected chi connectivity index (χ3v) is 29.4. The van der Waals surface area contributed by atoms with Crippen molar-refractivity contribution in [3.05, 3.63) is 452 Å². The average molecular weight is 1830 g/mol. The maximum atomic E-state index is 11.0. The molecule has 16 heteroatoms. The van der Waals surface area contributed by atoms with Crippen LogP contribution in [0.15, 0.2) is 427 Å². The fourth-order valence-corrected chi connectivity index (χ4v) is 23.6. The standard InChI is InChI=1S/C50H29N5O.C38H20N4O.C38H20N4S/c51-30-40-41(31-52)46(28-27-45(40)54-42-20-10-7-17-35(42)36-18-8-11-21-43(36)54)55-44-25-23-34(53(32-13-3-1-4-14-32)33-15-5-2-6-16-33)29-39(44)49-47(55)26-24-38-37-19-9-12-22-48(37)56-50(38)49;2*39-21-28-29(22-40)34(20-19-33(28)41-30-13-5-1-9-23(30)24-10-2-6-14-31(24)41)42-32-15-7-3-12-27(32)37-35(42)18-17-26-25-11-4-8-16-36(25)43-38(26)37/h1-29H;2*1-20H. The molecule has 0 amide bonds. The Kier molecular flexibility index (Phi) is 18.5. The molecule has 0 aliphatic heterocycles. The van der Waals surface area contributed by atoms with Gasteiger partial charge >= 0.3 is 0 Å². The van der Waals surface area contributed by atoms with E-state index in [0.29, 0.717) is 67.5 Å². The van der Waals surface area contributed by atoms with Gasteiger partial charge in [0, 0.05) is 113 Å². The van der Waals surface area contributed by atoms with Crippen LogP contribution >= 0.6 is 11.3 Å². The van der Waals surface area contributed by atoms with Crippen LogP contribution in [0.5, 0.6) is 0 Å². The van der Waals surface area contributed by atoms with E-state index in [9.17, 15) is 31.6 Å². The van der Waals surface area contributed by atoms with E-state index >= 15 is 0 Å². The first-order valence-corrected chi connectivity index (χ1v) is 47.5. The molecule has 0 saturated heterocycles. The van der Waals surface area contributed by atoms with Crippen molar-refractivity contribution in [2.75, 3.05) is 4.90 Å². The molecule has 142 heavy (non-hydrogen) atoms. The summed E-state index contributed by atoms with van der Waals surface area (Å²) in [4.78, 5) is 2.25. The van der Waals surface area contributed by atoms with Crippen LogP contribution in [0.25, 0.3) is 229 Å². The molecular weight excluding hydrogens is 1760 g/mol. The van der Waals surface area contributed by atoms with Crippen molar-refractivity contribution in [2.24, 2.45) is 0 Å². The molecule has 0 spiro atoms. The van der Waals surface area contributed by atoms with Crippen molar-refractivity contribution >= 4 is 223 Å². The van der Waals surface area contributed by atoms with Gasteiger partial charge in [0.2, 0.25) is 0 Å². The molecule has 29 aromatic rings. The van der Waals surface area contributed by atoms with Crippen LogP contribution < -0.4 is 4.90 Å². The Hall–Kier alpha value is -20.2. The fraction of sp³-hybridized carbons (Fsp3) is 0. The molecule has 0 bridgehead atoms. The van der Waals surface area contributed by atoms with Gasteiger partial charge in [-0.15, -0.1) is 11.3 Å². The van der Waals surface area contributed by atoms with Crippen LogP contribution in [0.1, 0.15) is 33.4 Å². The second-order valence-electron chi connectivity index (χ2n) is 35.4. The summed E-state index contributed by atoms with van der Waals surface area (Å²) in [5.41, 5.74) is 23.9. The number of hydrogen-bond donors (Lipinski definition) is 0. The van der Waals surface area contributed by atoms with Gasteiger partial charge in [-0.05, 0) is 176 Å². The summed E-state index contributed by atoms with van der Waals surface area (Å²) in [6.07, 6.45) is 0. The molecule has 0 aliphatic carbocycles. The van der Waals surface area contributed by atoms with Gasteiger partial charge < -0.3 is 41.1 Å². The Morgan fingerprint density at radius 1 is 0.190 bits per heavy atom. The molecular formula is C126H69N13O2S. The number of benzene rings is 20. The summed E-state index contributed by atoms with van der Waals surface area (Å²) in [5, 5.41) is 83.9. The summed E-state index contributed by atoms with van der Waals surface area (Å²) in [7, 11) is 0. The summed E-state index contributed by atoms with van der Waals surface area (Å²) in [6.45, 7) is 0. The topological polar surface area (TPSA) is 202 Å². The lowest BCUT2D eigenvalue weighted by molar-refractivity contribution is 0.672. The second kappa shape index (κ2) is 32.2. The molecule has 0 saturated carbocycles. The number of rotatable bonds is 9. The van der Waals surface area contributed by atoms with Gasteiger partial charge in [0.1, 0.15) is 58.7 Å². The van der Waals surface area contributed by atoms with Gasteiger partial charge in [-0.3, -0.25) is 0 Å².